The fourth-order valence-corrected chi connectivity index (χ4v) is 0.499. The molecule has 1 aliphatic rings. The largest absolute Gasteiger partial charge is 0.445 e. The fourth-order valence-electron chi connectivity index (χ4n) is 0.499. The maximum atomic E-state index is 10.5. The van der Waals surface area contributed by atoms with E-state index in [2.05, 4.69) is 11.3 Å². The molecule has 0 aromatic carbocycles. The maximum absolute atomic E-state index is 10.5. The molecule has 1 radical (unpaired) electrons. The highest BCUT2D eigenvalue weighted by atomic mass is 16.2. The van der Waals surface area contributed by atoms with Gasteiger partial charge in [-0.15, -0.1) is 0 Å². The number of primary amides is 1. The Bertz CT molecular complexity index is 182. The van der Waals surface area contributed by atoms with E-state index < -0.39 is 6.03 Å². The Kier molecular flexibility index (Phi) is 1.10. The second-order valence-corrected chi connectivity index (χ2v) is 1.86. The van der Waals surface area contributed by atoms with Crippen LogP contribution in [0.2, 0.25) is 0 Å². The topological polar surface area (TPSA) is 55.5 Å². The first kappa shape index (κ1) is 5.97. The van der Waals surface area contributed by atoms with Gasteiger partial charge in [-0.05, 0) is 0 Å². The van der Waals surface area contributed by atoms with Crippen molar-refractivity contribution >= 4 is 12.2 Å². The third-order valence-electron chi connectivity index (χ3n) is 1.13. The number of amides is 2. The van der Waals surface area contributed by atoms with Gasteiger partial charge in [0.2, 0.25) is 6.20 Å². The highest BCUT2D eigenvalue weighted by molar-refractivity contribution is 5.74. The summed E-state index contributed by atoms with van der Waals surface area (Å²) >= 11 is 0. The zero-order valence-electron chi connectivity index (χ0n) is 5.03. The summed E-state index contributed by atoms with van der Waals surface area (Å²) in [5, 5.41) is 3.74. The first-order chi connectivity index (χ1) is 4.15. The van der Waals surface area contributed by atoms with E-state index in [1.54, 1.807) is 13.1 Å². The van der Waals surface area contributed by atoms with Crippen molar-refractivity contribution < 1.29 is 9.39 Å². The first-order valence-corrected chi connectivity index (χ1v) is 2.47. The molecule has 0 bridgehead atoms. The Morgan fingerprint density at radius 2 is 2.56 bits per heavy atom. The molecule has 1 unspecified atom stereocenters. The molecule has 4 heteroatoms. The zero-order chi connectivity index (χ0) is 6.91. The van der Waals surface area contributed by atoms with Crippen LogP contribution in [0, 0.1) is 6.20 Å². The fraction of sp³-hybridized carbons (Fsp3) is 0.200. The van der Waals surface area contributed by atoms with Crippen molar-refractivity contribution in [2.45, 2.75) is 0 Å². The van der Waals surface area contributed by atoms with Crippen LogP contribution in [-0.4, -0.2) is 23.9 Å². The van der Waals surface area contributed by atoms with E-state index in [0.717, 1.165) is 0 Å². The molecule has 0 saturated carbocycles. The van der Waals surface area contributed by atoms with E-state index in [1.807, 2.05) is 0 Å². The molecule has 1 rings (SSSR count). The summed E-state index contributed by atoms with van der Waals surface area (Å²) in [5.74, 6) is 0. The molecule has 2 amide bonds. The number of carbonyl (C=O) groups is 1. The molecular formula is C5H7N3O+. The van der Waals surface area contributed by atoms with Crippen LogP contribution in [0.5, 0.6) is 0 Å². The van der Waals surface area contributed by atoms with Crippen LogP contribution in [0.4, 0.5) is 4.79 Å². The van der Waals surface area contributed by atoms with Crippen molar-refractivity contribution in [1.82, 2.24) is 0 Å². The van der Waals surface area contributed by atoms with Crippen LogP contribution >= 0.6 is 0 Å². The van der Waals surface area contributed by atoms with Gasteiger partial charge in [0, 0.05) is 6.08 Å². The number of allylic oxidation sites excluding steroid dienone is 1. The van der Waals surface area contributed by atoms with E-state index in [1.165, 1.54) is 6.21 Å². The third-order valence-corrected chi connectivity index (χ3v) is 1.13. The molecule has 0 aromatic heterocycles. The first-order valence-electron chi connectivity index (χ1n) is 2.47. The number of carbonyl (C=O) groups excluding carboxylic acids is 1. The SMILES string of the molecule is C[N+]1(C(N)=O)[C]=CC=N1. The van der Waals surface area contributed by atoms with E-state index in [0.29, 0.717) is 0 Å². The number of hydrogen-bond donors (Lipinski definition) is 1. The lowest BCUT2D eigenvalue weighted by molar-refractivity contribution is -0.791. The number of urea groups is 1. The van der Waals surface area contributed by atoms with E-state index in [4.69, 9.17) is 5.73 Å². The van der Waals surface area contributed by atoms with Gasteiger partial charge in [-0.1, -0.05) is 9.69 Å². The van der Waals surface area contributed by atoms with Gasteiger partial charge in [-0.2, -0.15) is 0 Å². The lowest BCUT2D eigenvalue weighted by Crippen LogP contribution is -2.42. The highest BCUT2D eigenvalue weighted by Crippen LogP contribution is 2.06. The molecule has 0 aliphatic carbocycles. The second kappa shape index (κ2) is 1.66. The molecule has 47 valence electrons. The molecule has 4 nitrogen and oxygen atoms in total. The van der Waals surface area contributed by atoms with Crippen LogP contribution in [0.1, 0.15) is 0 Å². The van der Waals surface area contributed by atoms with Crippen LogP contribution < -0.4 is 5.73 Å². The lowest BCUT2D eigenvalue weighted by Gasteiger charge is -2.10. The van der Waals surface area contributed by atoms with Crippen LogP contribution in [0.15, 0.2) is 11.2 Å². The van der Waals surface area contributed by atoms with Gasteiger partial charge in [0.15, 0.2) is 0 Å². The number of hydrogen-bond acceptors (Lipinski definition) is 2. The molecular weight excluding hydrogens is 118 g/mol. The van der Waals surface area contributed by atoms with Gasteiger partial charge < -0.3 is 5.73 Å². The minimum Gasteiger partial charge on any atom is -0.316 e. The predicted octanol–water partition coefficient (Wildman–Crippen LogP) is -0.172. The molecule has 2 N–H and O–H groups in total. The Morgan fingerprint density at radius 1 is 1.89 bits per heavy atom. The molecule has 0 spiro atoms. The van der Waals surface area contributed by atoms with Crippen LogP contribution in [0.3, 0.4) is 0 Å². The third kappa shape index (κ3) is 0.837. The van der Waals surface area contributed by atoms with Crippen molar-refractivity contribution in [2.75, 3.05) is 7.05 Å². The van der Waals surface area contributed by atoms with E-state index >= 15 is 0 Å². The number of nitrogens with two attached hydrogens (primary N) is 1. The number of quaternary nitrogens is 1. The molecule has 1 atom stereocenters. The quantitative estimate of drug-likeness (QED) is 0.449. The minimum atomic E-state index is -0.528. The zero-order valence-corrected chi connectivity index (χ0v) is 5.03. The van der Waals surface area contributed by atoms with E-state index in [-0.39, 0.29) is 4.59 Å². The van der Waals surface area contributed by atoms with Crippen molar-refractivity contribution in [2.24, 2.45) is 10.8 Å². The summed E-state index contributed by atoms with van der Waals surface area (Å²) in [6.07, 6.45) is 5.70. The molecule has 0 fully saturated rings. The van der Waals surface area contributed by atoms with Crippen molar-refractivity contribution in [3.8, 4) is 0 Å². The molecule has 0 saturated heterocycles. The number of rotatable bonds is 0. The van der Waals surface area contributed by atoms with Gasteiger partial charge in [-0.25, -0.2) is 4.79 Å². The summed E-state index contributed by atoms with van der Waals surface area (Å²) in [5.41, 5.74) is 4.97. The van der Waals surface area contributed by atoms with Crippen molar-refractivity contribution in [3.05, 3.63) is 12.3 Å². The summed E-state index contributed by atoms with van der Waals surface area (Å²) in [7, 11) is 1.56. The Balaban J connectivity index is 2.88. The summed E-state index contributed by atoms with van der Waals surface area (Å²) < 4.78 is -0.292. The summed E-state index contributed by atoms with van der Waals surface area (Å²) in [4.78, 5) is 10.5. The smallest absolute Gasteiger partial charge is 0.316 e. The molecule has 9 heavy (non-hydrogen) atoms. The van der Waals surface area contributed by atoms with Gasteiger partial charge in [-0.3, -0.25) is 0 Å². The minimum absolute atomic E-state index is 0.292. The number of nitrogens with zero attached hydrogens (tertiary/aromatic N) is 2. The Morgan fingerprint density at radius 3 is 2.78 bits per heavy atom. The van der Waals surface area contributed by atoms with Crippen LogP contribution in [-0.2, 0) is 0 Å². The van der Waals surface area contributed by atoms with Gasteiger partial charge in [0.25, 0.3) is 0 Å². The van der Waals surface area contributed by atoms with Crippen LogP contribution in [0.25, 0.3) is 0 Å². The lowest BCUT2D eigenvalue weighted by atomic mass is 10.6. The average molecular weight is 125 g/mol. The summed E-state index contributed by atoms with van der Waals surface area (Å²) in [6, 6.07) is -0.528. The normalized spacial score (nSPS) is 31.2. The molecule has 1 heterocycles. The molecule has 0 aromatic rings. The van der Waals surface area contributed by atoms with E-state index in [9.17, 15) is 4.79 Å². The average Bonchev–Trinajstić information content (AvgIpc) is 2.16. The second-order valence-electron chi connectivity index (χ2n) is 1.86. The standard InChI is InChI=1S/C5H7N3O/c1-8(5(6)9)4-2-3-7-8/h2-3H,1H3,(H2,6,9)/q+1. The van der Waals surface area contributed by atoms with Crippen molar-refractivity contribution in [1.29, 1.82) is 0 Å². The predicted molar refractivity (Wildman–Crippen MR) is 32.1 cm³/mol. The monoisotopic (exact) mass is 125 g/mol. The molecule has 1 aliphatic heterocycles. The van der Waals surface area contributed by atoms with Gasteiger partial charge in [0.05, 0.1) is 6.21 Å². The maximum Gasteiger partial charge on any atom is 0.445 e. The van der Waals surface area contributed by atoms with Gasteiger partial charge >= 0.3 is 6.03 Å². The highest BCUT2D eigenvalue weighted by Gasteiger charge is 2.29. The summed E-state index contributed by atoms with van der Waals surface area (Å²) in [6.45, 7) is 0. The van der Waals surface area contributed by atoms with Crippen molar-refractivity contribution in [3.63, 3.8) is 0 Å². The Hall–Kier alpha value is -1.16. The van der Waals surface area contributed by atoms with Gasteiger partial charge in [0.1, 0.15) is 7.05 Å². The Labute approximate surface area is 52.8 Å².